The summed E-state index contributed by atoms with van der Waals surface area (Å²) in [5.74, 6) is 0.0346. The Morgan fingerprint density at radius 1 is 0.880 bits per heavy atom. The van der Waals surface area contributed by atoms with E-state index in [1.807, 2.05) is 61.5 Å². The first-order valence-corrected chi connectivity index (χ1v) is 8.91. The maximum atomic E-state index is 13.1. The van der Waals surface area contributed by atoms with Crippen molar-refractivity contribution in [3.05, 3.63) is 60.2 Å². The van der Waals surface area contributed by atoms with Gasteiger partial charge >= 0.3 is 0 Å². The summed E-state index contributed by atoms with van der Waals surface area (Å²) in [4.78, 5) is 24.5. The Morgan fingerprint density at radius 3 is 2.00 bits per heavy atom. The molecule has 0 aliphatic heterocycles. The van der Waals surface area contributed by atoms with Crippen LogP contribution in [0.4, 0.5) is 11.4 Å². The second-order valence-electron chi connectivity index (χ2n) is 6.59. The summed E-state index contributed by atoms with van der Waals surface area (Å²) in [5.41, 5.74) is 2.15. The molecule has 0 heterocycles. The Bertz CT molecular complexity index is 732. The molecule has 2 aromatic rings. The van der Waals surface area contributed by atoms with Gasteiger partial charge in [-0.05, 0) is 42.7 Å². The van der Waals surface area contributed by atoms with E-state index >= 15 is 0 Å². The van der Waals surface area contributed by atoms with Gasteiger partial charge in [-0.3, -0.25) is 9.59 Å². The van der Waals surface area contributed by atoms with E-state index in [2.05, 4.69) is 10.6 Å². The predicted octanol–water partition coefficient (Wildman–Crippen LogP) is 4.49. The number of hydrogen-bond donors (Lipinski definition) is 2. The molecule has 0 aromatic heterocycles. The molecule has 4 nitrogen and oxygen atoms in total. The average molecular weight is 336 g/mol. The van der Waals surface area contributed by atoms with E-state index in [9.17, 15) is 9.59 Å². The van der Waals surface area contributed by atoms with Gasteiger partial charge in [0, 0.05) is 17.8 Å². The molecule has 2 aromatic carbocycles. The molecule has 0 unspecified atom stereocenters. The maximum Gasteiger partial charge on any atom is 0.235 e. The first-order chi connectivity index (χ1) is 12.1. The van der Waals surface area contributed by atoms with Crippen molar-refractivity contribution in [3.8, 4) is 0 Å². The standard InChI is InChI=1S/C21H24N2O2/c1-2-19(24)22-17-10-12-18(13-11-17)23-20(25)21(14-6-7-15-21)16-8-4-3-5-9-16/h3-5,8-13H,2,6-7,14-15H2,1H3,(H,22,24)(H,23,25). The van der Waals surface area contributed by atoms with Crippen LogP contribution in [0.3, 0.4) is 0 Å². The topological polar surface area (TPSA) is 58.2 Å². The number of rotatable bonds is 5. The maximum absolute atomic E-state index is 13.1. The Balaban J connectivity index is 1.75. The first kappa shape index (κ1) is 17.2. The van der Waals surface area contributed by atoms with Crippen LogP contribution in [0.5, 0.6) is 0 Å². The third-order valence-corrected chi connectivity index (χ3v) is 4.97. The lowest BCUT2D eigenvalue weighted by Crippen LogP contribution is -2.37. The molecule has 1 saturated carbocycles. The van der Waals surface area contributed by atoms with Crippen molar-refractivity contribution in [3.63, 3.8) is 0 Å². The summed E-state index contributed by atoms with van der Waals surface area (Å²) < 4.78 is 0. The number of carbonyl (C=O) groups excluding carboxylic acids is 2. The van der Waals surface area contributed by atoms with Gasteiger partial charge in [0.05, 0.1) is 5.41 Å². The molecule has 25 heavy (non-hydrogen) atoms. The van der Waals surface area contributed by atoms with E-state index < -0.39 is 5.41 Å². The van der Waals surface area contributed by atoms with Crippen molar-refractivity contribution in [1.29, 1.82) is 0 Å². The van der Waals surface area contributed by atoms with Crippen LogP contribution in [-0.2, 0) is 15.0 Å². The molecule has 0 radical (unpaired) electrons. The fraction of sp³-hybridized carbons (Fsp3) is 0.333. The van der Waals surface area contributed by atoms with Crippen LogP contribution in [-0.4, -0.2) is 11.8 Å². The van der Waals surface area contributed by atoms with Gasteiger partial charge in [0.25, 0.3) is 0 Å². The molecule has 0 atom stereocenters. The largest absolute Gasteiger partial charge is 0.326 e. The Kier molecular flexibility index (Phi) is 5.17. The molecule has 1 fully saturated rings. The molecule has 0 bridgehead atoms. The number of carbonyl (C=O) groups is 2. The van der Waals surface area contributed by atoms with E-state index in [4.69, 9.17) is 0 Å². The zero-order valence-corrected chi connectivity index (χ0v) is 14.5. The van der Waals surface area contributed by atoms with Crippen molar-refractivity contribution in [2.75, 3.05) is 10.6 Å². The van der Waals surface area contributed by atoms with Gasteiger partial charge < -0.3 is 10.6 Å². The lowest BCUT2D eigenvalue weighted by molar-refractivity contribution is -0.121. The Labute approximate surface area is 148 Å². The summed E-state index contributed by atoms with van der Waals surface area (Å²) in [6.07, 6.45) is 4.35. The minimum Gasteiger partial charge on any atom is -0.326 e. The molecule has 2 N–H and O–H groups in total. The molecular weight excluding hydrogens is 312 g/mol. The Morgan fingerprint density at radius 2 is 1.44 bits per heavy atom. The third-order valence-electron chi connectivity index (χ3n) is 4.97. The highest BCUT2D eigenvalue weighted by Gasteiger charge is 2.42. The number of amides is 2. The zero-order chi connectivity index (χ0) is 17.7. The minimum absolute atomic E-state index is 0.0224. The molecule has 4 heteroatoms. The summed E-state index contributed by atoms with van der Waals surface area (Å²) in [5, 5.41) is 5.87. The average Bonchev–Trinajstić information content (AvgIpc) is 3.15. The van der Waals surface area contributed by atoms with E-state index in [1.165, 1.54) is 0 Å². The molecular formula is C21H24N2O2. The van der Waals surface area contributed by atoms with Crippen molar-refractivity contribution >= 4 is 23.2 Å². The van der Waals surface area contributed by atoms with Crippen molar-refractivity contribution in [2.45, 2.75) is 44.4 Å². The van der Waals surface area contributed by atoms with Gasteiger partial charge in [-0.15, -0.1) is 0 Å². The van der Waals surface area contributed by atoms with Crippen LogP contribution in [0, 0.1) is 0 Å². The van der Waals surface area contributed by atoms with Crippen molar-refractivity contribution < 1.29 is 9.59 Å². The van der Waals surface area contributed by atoms with Crippen LogP contribution in [0.1, 0.15) is 44.6 Å². The lowest BCUT2D eigenvalue weighted by atomic mass is 9.78. The fourth-order valence-electron chi connectivity index (χ4n) is 3.52. The Hall–Kier alpha value is -2.62. The van der Waals surface area contributed by atoms with Gasteiger partial charge in [-0.1, -0.05) is 50.1 Å². The van der Waals surface area contributed by atoms with Gasteiger partial charge in [0.2, 0.25) is 11.8 Å². The monoisotopic (exact) mass is 336 g/mol. The second kappa shape index (κ2) is 7.51. The molecule has 3 rings (SSSR count). The normalized spacial score (nSPS) is 15.6. The lowest BCUT2D eigenvalue weighted by Gasteiger charge is -2.28. The van der Waals surface area contributed by atoms with Gasteiger partial charge in [0.1, 0.15) is 0 Å². The SMILES string of the molecule is CCC(=O)Nc1ccc(NC(=O)C2(c3ccccc3)CCCC2)cc1. The number of nitrogens with one attached hydrogen (secondary N) is 2. The number of anilines is 2. The van der Waals surface area contributed by atoms with Crippen LogP contribution in [0.2, 0.25) is 0 Å². The third kappa shape index (κ3) is 3.73. The summed E-state index contributed by atoms with van der Waals surface area (Å²) in [7, 11) is 0. The summed E-state index contributed by atoms with van der Waals surface area (Å²) >= 11 is 0. The highest BCUT2D eigenvalue weighted by atomic mass is 16.2. The molecule has 1 aliphatic carbocycles. The van der Waals surface area contributed by atoms with Crippen LogP contribution in [0.15, 0.2) is 54.6 Å². The molecule has 1 aliphatic rings. The quantitative estimate of drug-likeness (QED) is 0.845. The minimum atomic E-state index is -0.434. The van der Waals surface area contributed by atoms with Crippen molar-refractivity contribution in [1.82, 2.24) is 0 Å². The van der Waals surface area contributed by atoms with Crippen LogP contribution >= 0.6 is 0 Å². The van der Waals surface area contributed by atoms with E-state index in [0.717, 1.165) is 42.6 Å². The van der Waals surface area contributed by atoms with E-state index in [0.29, 0.717) is 6.42 Å². The summed E-state index contributed by atoms with van der Waals surface area (Å²) in [6, 6.07) is 17.4. The number of benzene rings is 2. The molecule has 130 valence electrons. The number of hydrogen-bond acceptors (Lipinski definition) is 2. The highest BCUT2D eigenvalue weighted by molar-refractivity contribution is 5.99. The van der Waals surface area contributed by atoms with Gasteiger partial charge in [0.15, 0.2) is 0 Å². The molecule has 0 saturated heterocycles. The predicted molar refractivity (Wildman–Crippen MR) is 101 cm³/mol. The second-order valence-corrected chi connectivity index (χ2v) is 6.59. The fourth-order valence-corrected chi connectivity index (χ4v) is 3.52. The van der Waals surface area contributed by atoms with Crippen molar-refractivity contribution in [2.24, 2.45) is 0 Å². The molecule has 0 spiro atoms. The summed E-state index contributed by atoms with van der Waals surface area (Å²) in [6.45, 7) is 1.81. The smallest absolute Gasteiger partial charge is 0.235 e. The van der Waals surface area contributed by atoms with Gasteiger partial charge in [-0.2, -0.15) is 0 Å². The zero-order valence-electron chi connectivity index (χ0n) is 14.5. The van der Waals surface area contributed by atoms with Crippen LogP contribution < -0.4 is 10.6 Å². The van der Waals surface area contributed by atoms with Gasteiger partial charge in [-0.25, -0.2) is 0 Å². The van der Waals surface area contributed by atoms with Crippen LogP contribution in [0.25, 0.3) is 0 Å². The van der Waals surface area contributed by atoms with E-state index in [-0.39, 0.29) is 11.8 Å². The first-order valence-electron chi connectivity index (χ1n) is 8.91. The van der Waals surface area contributed by atoms with E-state index in [1.54, 1.807) is 0 Å². The highest BCUT2D eigenvalue weighted by Crippen LogP contribution is 2.42. The molecule has 2 amide bonds.